The van der Waals surface area contributed by atoms with Gasteiger partial charge in [0.25, 0.3) is 0 Å². The van der Waals surface area contributed by atoms with Gasteiger partial charge in [-0.3, -0.25) is 9.69 Å². The summed E-state index contributed by atoms with van der Waals surface area (Å²) in [5.74, 6) is -0.0288. The van der Waals surface area contributed by atoms with Crippen molar-refractivity contribution in [2.45, 2.75) is 24.3 Å². The molecule has 1 saturated heterocycles. The van der Waals surface area contributed by atoms with Crippen molar-refractivity contribution in [3.63, 3.8) is 0 Å². The lowest BCUT2D eigenvalue weighted by Gasteiger charge is -2.34. The topological polar surface area (TPSA) is 69.7 Å². The zero-order chi connectivity index (χ0) is 19.7. The highest BCUT2D eigenvalue weighted by molar-refractivity contribution is 7.89. The maximum absolute atomic E-state index is 13.0. The molecule has 0 aromatic heterocycles. The summed E-state index contributed by atoms with van der Waals surface area (Å²) < 4.78 is 27.6. The largest absolute Gasteiger partial charge is 0.326 e. The molecule has 2 aromatic rings. The van der Waals surface area contributed by atoms with Gasteiger partial charge in [-0.15, -0.1) is 0 Å². The SMILES string of the molecule is O=C1CCc2cc(S(=O)(=O)N3CCN(Cc4cccc(Cl)c4)CC3)ccc2N1. The Kier molecular flexibility index (Phi) is 5.42. The van der Waals surface area contributed by atoms with Gasteiger partial charge in [0.1, 0.15) is 0 Å². The first kappa shape index (κ1) is 19.4. The molecule has 2 heterocycles. The fourth-order valence-electron chi connectivity index (χ4n) is 3.69. The van der Waals surface area contributed by atoms with Crippen molar-refractivity contribution in [2.24, 2.45) is 0 Å². The first-order valence-electron chi connectivity index (χ1n) is 9.31. The Balaban J connectivity index is 1.43. The summed E-state index contributed by atoms with van der Waals surface area (Å²) >= 11 is 6.04. The van der Waals surface area contributed by atoms with Gasteiger partial charge in [0.05, 0.1) is 4.90 Å². The summed E-state index contributed by atoms with van der Waals surface area (Å²) in [7, 11) is -3.54. The minimum Gasteiger partial charge on any atom is -0.326 e. The van der Waals surface area contributed by atoms with Gasteiger partial charge in [-0.25, -0.2) is 8.42 Å². The number of anilines is 1. The maximum Gasteiger partial charge on any atom is 0.243 e. The average molecular weight is 420 g/mol. The second-order valence-corrected chi connectivity index (χ2v) is 9.55. The second kappa shape index (κ2) is 7.83. The van der Waals surface area contributed by atoms with E-state index in [-0.39, 0.29) is 5.91 Å². The third-order valence-electron chi connectivity index (χ3n) is 5.24. The number of amides is 1. The van der Waals surface area contributed by atoms with Crippen molar-refractivity contribution >= 4 is 33.2 Å². The molecule has 6 nitrogen and oxygen atoms in total. The van der Waals surface area contributed by atoms with Gasteiger partial charge in [0.15, 0.2) is 0 Å². The smallest absolute Gasteiger partial charge is 0.243 e. The quantitative estimate of drug-likeness (QED) is 0.827. The minimum absolute atomic E-state index is 0.0288. The van der Waals surface area contributed by atoms with E-state index < -0.39 is 10.0 Å². The number of piperazine rings is 1. The van der Waals surface area contributed by atoms with Crippen LogP contribution in [0.5, 0.6) is 0 Å². The molecule has 1 N–H and O–H groups in total. The number of nitrogens with one attached hydrogen (secondary N) is 1. The van der Waals surface area contributed by atoms with Gasteiger partial charge < -0.3 is 5.32 Å². The van der Waals surface area contributed by atoms with Crippen LogP contribution in [0.15, 0.2) is 47.4 Å². The van der Waals surface area contributed by atoms with E-state index in [0.29, 0.717) is 54.6 Å². The van der Waals surface area contributed by atoms with E-state index in [0.717, 1.165) is 17.7 Å². The highest BCUT2D eigenvalue weighted by Gasteiger charge is 2.29. The highest BCUT2D eigenvalue weighted by atomic mass is 35.5. The molecule has 2 aliphatic heterocycles. The predicted octanol–water partition coefficient (Wildman–Crippen LogP) is 2.73. The first-order chi connectivity index (χ1) is 13.4. The van der Waals surface area contributed by atoms with Gasteiger partial charge in [-0.1, -0.05) is 23.7 Å². The molecule has 0 spiro atoms. The lowest BCUT2D eigenvalue weighted by atomic mass is 10.0. The van der Waals surface area contributed by atoms with Crippen molar-refractivity contribution in [2.75, 3.05) is 31.5 Å². The number of fused-ring (bicyclic) bond motifs is 1. The molecule has 8 heteroatoms. The molecule has 2 aromatic carbocycles. The van der Waals surface area contributed by atoms with Crippen LogP contribution in [-0.4, -0.2) is 49.7 Å². The van der Waals surface area contributed by atoms with Crippen LogP contribution in [0.2, 0.25) is 5.02 Å². The van der Waals surface area contributed by atoms with Crippen LogP contribution in [-0.2, 0) is 27.8 Å². The molecular weight excluding hydrogens is 398 g/mol. The van der Waals surface area contributed by atoms with Gasteiger partial charge in [-0.05, 0) is 47.9 Å². The number of halogens is 1. The Labute approximate surface area is 170 Å². The number of carbonyl (C=O) groups excluding carboxylic acids is 1. The Hall–Kier alpha value is -1.93. The minimum atomic E-state index is -3.54. The van der Waals surface area contributed by atoms with Crippen LogP contribution in [0.3, 0.4) is 0 Å². The third-order valence-corrected chi connectivity index (χ3v) is 7.37. The van der Waals surface area contributed by atoms with Gasteiger partial charge in [0.2, 0.25) is 15.9 Å². The lowest BCUT2D eigenvalue weighted by molar-refractivity contribution is -0.116. The van der Waals surface area contributed by atoms with E-state index in [1.54, 1.807) is 22.5 Å². The van der Waals surface area contributed by atoms with Crippen molar-refractivity contribution in [3.8, 4) is 0 Å². The molecule has 148 valence electrons. The van der Waals surface area contributed by atoms with Crippen LogP contribution >= 0.6 is 11.6 Å². The van der Waals surface area contributed by atoms with Crippen molar-refractivity contribution < 1.29 is 13.2 Å². The van der Waals surface area contributed by atoms with Gasteiger partial charge in [0, 0.05) is 49.9 Å². The van der Waals surface area contributed by atoms with Gasteiger partial charge in [-0.2, -0.15) is 4.31 Å². The standard InChI is InChI=1S/C20H22ClN3O3S/c21-17-3-1-2-15(12-17)14-23-8-10-24(11-9-23)28(26,27)18-5-6-19-16(13-18)4-7-20(25)22-19/h1-3,5-6,12-13H,4,7-11,14H2,(H,22,25). The highest BCUT2D eigenvalue weighted by Crippen LogP contribution is 2.27. The van der Waals surface area contributed by atoms with Crippen molar-refractivity contribution in [1.29, 1.82) is 0 Å². The predicted molar refractivity (Wildman–Crippen MR) is 109 cm³/mol. The first-order valence-corrected chi connectivity index (χ1v) is 11.1. The third kappa shape index (κ3) is 4.07. The summed E-state index contributed by atoms with van der Waals surface area (Å²) in [4.78, 5) is 14.0. The number of benzene rings is 2. The number of nitrogens with zero attached hydrogens (tertiary/aromatic N) is 2. The molecule has 0 saturated carbocycles. The van der Waals surface area contributed by atoms with Crippen LogP contribution in [0, 0.1) is 0 Å². The van der Waals surface area contributed by atoms with E-state index >= 15 is 0 Å². The molecule has 2 aliphatic rings. The molecule has 0 radical (unpaired) electrons. The molecule has 0 aliphatic carbocycles. The zero-order valence-electron chi connectivity index (χ0n) is 15.4. The normalized spacial score (nSPS) is 18.5. The summed E-state index contributed by atoms with van der Waals surface area (Å²) in [5, 5.41) is 3.50. The number of sulfonamides is 1. The zero-order valence-corrected chi connectivity index (χ0v) is 17.0. The number of rotatable bonds is 4. The fourth-order valence-corrected chi connectivity index (χ4v) is 5.38. The summed E-state index contributed by atoms with van der Waals surface area (Å²) in [6, 6.07) is 12.7. The molecule has 28 heavy (non-hydrogen) atoms. The average Bonchev–Trinajstić information content (AvgIpc) is 2.68. The van der Waals surface area contributed by atoms with E-state index in [2.05, 4.69) is 10.2 Å². The summed E-state index contributed by atoms with van der Waals surface area (Å²) in [6.45, 7) is 3.01. The van der Waals surface area contributed by atoms with E-state index in [4.69, 9.17) is 11.6 Å². The van der Waals surface area contributed by atoms with Crippen LogP contribution < -0.4 is 5.32 Å². The van der Waals surface area contributed by atoms with E-state index in [1.165, 1.54) is 0 Å². The number of hydrogen-bond donors (Lipinski definition) is 1. The van der Waals surface area contributed by atoms with E-state index in [1.807, 2.05) is 24.3 Å². The molecule has 4 rings (SSSR count). The summed E-state index contributed by atoms with van der Waals surface area (Å²) in [6.07, 6.45) is 0.955. The molecule has 1 fully saturated rings. The fraction of sp³-hybridized carbons (Fsp3) is 0.350. The Morgan fingerprint density at radius 2 is 1.79 bits per heavy atom. The maximum atomic E-state index is 13.0. The van der Waals surface area contributed by atoms with Crippen LogP contribution in [0.25, 0.3) is 0 Å². The molecule has 1 amide bonds. The van der Waals surface area contributed by atoms with Crippen LogP contribution in [0.4, 0.5) is 5.69 Å². The van der Waals surface area contributed by atoms with Gasteiger partial charge >= 0.3 is 0 Å². The number of hydrogen-bond acceptors (Lipinski definition) is 4. The number of carbonyl (C=O) groups is 1. The molecule has 0 atom stereocenters. The molecule has 0 bridgehead atoms. The Morgan fingerprint density at radius 1 is 1.00 bits per heavy atom. The molecular formula is C20H22ClN3O3S. The van der Waals surface area contributed by atoms with Crippen molar-refractivity contribution in [1.82, 2.24) is 9.21 Å². The Bertz CT molecular complexity index is 1000. The number of aryl methyl sites for hydroxylation is 1. The lowest BCUT2D eigenvalue weighted by Crippen LogP contribution is -2.48. The van der Waals surface area contributed by atoms with E-state index in [9.17, 15) is 13.2 Å². The second-order valence-electron chi connectivity index (χ2n) is 7.18. The summed E-state index contributed by atoms with van der Waals surface area (Å²) in [5.41, 5.74) is 2.71. The monoisotopic (exact) mass is 419 g/mol. The Morgan fingerprint density at radius 3 is 2.54 bits per heavy atom. The van der Waals surface area contributed by atoms with Crippen LogP contribution in [0.1, 0.15) is 17.5 Å². The molecule has 0 unspecified atom stereocenters. The van der Waals surface area contributed by atoms with Crippen molar-refractivity contribution in [3.05, 3.63) is 58.6 Å².